The van der Waals surface area contributed by atoms with E-state index < -0.39 is 0 Å². The molecule has 1 fully saturated rings. The third-order valence-corrected chi connectivity index (χ3v) is 2.82. The first kappa shape index (κ1) is 11.5. The van der Waals surface area contributed by atoms with Gasteiger partial charge in [-0.3, -0.25) is 4.79 Å². The molecular formula is C10H20N2O2. The average Bonchev–Trinajstić information content (AvgIpc) is 2.20. The van der Waals surface area contributed by atoms with Gasteiger partial charge < -0.3 is 15.7 Å². The van der Waals surface area contributed by atoms with Crippen LogP contribution in [0.25, 0.3) is 0 Å². The summed E-state index contributed by atoms with van der Waals surface area (Å²) in [6.07, 6.45) is 3.48. The third-order valence-electron chi connectivity index (χ3n) is 2.82. The van der Waals surface area contributed by atoms with Gasteiger partial charge in [-0.05, 0) is 32.6 Å². The molecule has 82 valence electrons. The maximum absolute atomic E-state index is 11.2. The van der Waals surface area contributed by atoms with Gasteiger partial charge in [0.1, 0.15) is 0 Å². The van der Waals surface area contributed by atoms with Crippen molar-refractivity contribution in [2.75, 3.05) is 7.05 Å². The number of aliphatic hydroxyl groups excluding tert-OH is 1. The van der Waals surface area contributed by atoms with Gasteiger partial charge >= 0.3 is 0 Å². The second-order valence-electron chi connectivity index (χ2n) is 4.01. The smallest absolute Gasteiger partial charge is 0.236 e. The van der Waals surface area contributed by atoms with Gasteiger partial charge in [0, 0.05) is 13.1 Å². The van der Waals surface area contributed by atoms with E-state index in [0.717, 1.165) is 25.7 Å². The summed E-state index contributed by atoms with van der Waals surface area (Å²) in [5.74, 6) is 0.0242. The Morgan fingerprint density at radius 3 is 2.43 bits per heavy atom. The minimum absolute atomic E-state index is 0.0242. The second-order valence-corrected chi connectivity index (χ2v) is 4.01. The lowest BCUT2D eigenvalue weighted by Crippen LogP contribution is -2.47. The predicted molar refractivity (Wildman–Crippen MR) is 54.9 cm³/mol. The first-order valence-electron chi connectivity index (χ1n) is 5.29. The first-order valence-corrected chi connectivity index (χ1v) is 5.29. The molecule has 1 saturated carbocycles. The van der Waals surface area contributed by atoms with Gasteiger partial charge in [0.25, 0.3) is 0 Å². The van der Waals surface area contributed by atoms with Crippen LogP contribution in [0.1, 0.15) is 32.6 Å². The molecular weight excluding hydrogens is 180 g/mol. The summed E-state index contributed by atoms with van der Waals surface area (Å²) < 4.78 is 0. The average molecular weight is 200 g/mol. The van der Waals surface area contributed by atoms with Crippen LogP contribution in [0.4, 0.5) is 0 Å². The van der Waals surface area contributed by atoms with Crippen molar-refractivity contribution < 1.29 is 9.90 Å². The fourth-order valence-electron chi connectivity index (χ4n) is 1.89. The molecule has 0 aromatic carbocycles. The van der Waals surface area contributed by atoms with Gasteiger partial charge in [-0.15, -0.1) is 0 Å². The lowest BCUT2D eigenvalue weighted by molar-refractivity contribution is -0.122. The number of amides is 1. The third kappa shape index (κ3) is 3.27. The van der Waals surface area contributed by atoms with Crippen LogP contribution in [0.2, 0.25) is 0 Å². The van der Waals surface area contributed by atoms with E-state index in [-0.39, 0.29) is 18.1 Å². The van der Waals surface area contributed by atoms with E-state index in [4.69, 9.17) is 0 Å². The summed E-state index contributed by atoms with van der Waals surface area (Å²) in [5, 5.41) is 15.2. The summed E-state index contributed by atoms with van der Waals surface area (Å²) in [5.41, 5.74) is 0. The lowest BCUT2D eigenvalue weighted by atomic mass is 9.92. The Balaban J connectivity index is 2.27. The Morgan fingerprint density at radius 2 is 1.93 bits per heavy atom. The molecule has 0 bridgehead atoms. The molecule has 4 heteroatoms. The van der Waals surface area contributed by atoms with Gasteiger partial charge in [-0.1, -0.05) is 0 Å². The zero-order chi connectivity index (χ0) is 10.6. The molecule has 1 unspecified atom stereocenters. The molecule has 0 aliphatic heterocycles. The number of rotatable bonds is 3. The normalized spacial score (nSPS) is 29.6. The number of aliphatic hydroxyl groups is 1. The van der Waals surface area contributed by atoms with Crippen LogP contribution >= 0.6 is 0 Å². The molecule has 1 atom stereocenters. The zero-order valence-corrected chi connectivity index (χ0v) is 8.92. The van der Waals surface area contributed by atoms with Crippen LogP contribution in [-0.2, 0) is 4.79 Å². The molecule has 1 amide bonds. The van der Waals surface area contributed by atoms with Crippen molar-refractivity contribution in [1.82, 2.24) is 10.6 Å². The summed E-state index contributed by atoms with van der Waals surface area (Å²) in [6, 6.07) is 0.242. The molecule has 0 heterocycles. The molecule has 1 aliphatic carbocycles. The van der Waals surface area contributed by atoms with Crippen molar-refractivity contribution in [3.8, 4) is 0 Å². The highest BCUT2D eigenvalue weighted by Gasteiger charge is 2.22. The van der Waals surface area contributed by atoms with Crippen molar-refractivity contribution in [1.29, 1.82) is 0 Å². The monoisotopic (exact) mass is 200 g/mol. The van der Waals surface area contributed by atoms with Crippen LogP contribution in [0, 0.1) is 0 Å². The Morgan fingerprint density at radius 1 is 1.36 bits per heavy atom. The van der Waals surface area contributed by atoms with Gasteiger partial charge in [-0.2, -0.15) is 0 Å². The van der Waals surface area contributed by atoms with Crippen molar-refractivity contribution in [2.45, 2.75) is 50.8 Å². The number of likely N-dealkylation sites (N-methyl/N-ethyl adjacent to an activating group) is 1. The molecule has 3 N–H and O–H groups in total. The van der Waals surface area contributed by atoms with Crippen molar-refractivity contribution >= 4 is 5.91 Å². The van der Waals surface area contributed by atoms with Crippen molar-refractivity contribution in [3.05, 3.63) is 0 Å². The van der Waals surface area contributed by atoms with Crippen LogP contribution in [0.3, 0.4) is 0 Å². The molecule has 0 radical (unpaired) electrons. The number of carbonyl (C=O) groups is 1. The number of hydrogen-bond acceptors (Lipinski definition) is 3. The highest BCUT2D eigenvalue weighted by molar-refractivity contribution is 5.80. The SMILES string of the molecule is CNC(=O)C(C)NC1CCC(O)CC1. The second kappa shape index (κ2) is 5.32. The van der Waals surface area contributed by atoms with Gasteiger partial charge in [0.15, 0.2) is 0 Å². The predicted octanol–water partition coefficient (Wildman–Crippen LogP) is 0.0140. The zero-order valence-electron chi connectivity index (χ0n) is 8.92. The molecule has 0 aromatic heterocycles. The minimum Gasteiger partial charge on any atom is -0.393 e. The molecule has 0 spiro atoms. The van der Waals surface area contributed by atoms with E-state index in [1.807, 2.05) is 6.92 Å². The maximum atomic E-state index is 11.2. The van der Waals surface area contributed by atoms with E-state index >= 15 is 0 Å². The van der Waals surface area contributed by atoms with Crippen molar-refractivity contribution in [2.24, 2.45) is 0 Å². The Bertz CT molecular complexity index is 189. The highest BCUT2D eigenvalue weighted by Crippen LogP contribution is 2.18. The summed E-state index contributed by atoms with van der Waals surface area (Å²) in [7, 11) is 1.64. The molecule has 1 aliphatic rings. The summed E-state index contributed by atoms with van der Waals surface area (Å²) in [6.45, 7) is 1.86. The Hall–Kier alpha value is -0.610. The minimum atomic E-state index is -0.139. The molecule has 0 aromatic rings. The van der Waals surface area contributed by atoms with E-state index in [9.17, 15) is 9.90 Å². The van der Waals surface area contributed by atoms with E-state index in [1.165, 1.54) is 0 Å². The first-order chi connectivity index (χ1) is 6.63. The summed E-state index contributed by atoms with van der Waals surface area (Å²) >= 11 is 0. The number of hydrogen-bond donors (Lipinski definition) is 3. The van der Waals surface area contributed by atoms with E-state index in [1.54, 1.807) is 7.05 Å². The van der Waals surface area contributed by atoms with Gasteiger partial charge in [0.05, 0.1) is 12.1 Å². The van der Waals surface area contributed by atoms with Gasteiger partial charge in [-0.25, -0.2) is 0 Å². The fourth-order valence-corrected chi connectivity index (χ4v) is 1.89. The summed E-state index contributed by atoms with van der Waals surface area (Å²) in [4.78, 5) is 11.2. The fraction of sp³-hybridized carbons (Fsp3) is 0.900. The Kier molecular flexibility index (Phi) is 4.35. The van der Waals surface area contributed by atoms with Crippen LogP contribution in [0.5, 0.6) is 0 Å². The number of nitrogens with one attached hydrogen (secondary N) is 2. The maximum Gasteiger partial charge on any atom is 0.236 e. The van der Waals surface area contributed by atoms with Crippen LogP contribution in [-0.4, -0.2) is 36.2 Å². The topological polar surface area (TPSA) is 61.4 Å². The van der Waals surface area contributed by atoms with E-state index in [2.05, 4.69) is 10.6 Å². The molecule has 14 heavy (non-hydrogen) atoms. The lowest BCUT2D eigenvalue weighted by Gasteiger charge is -2.28. The molecule has 1 rings (SSSR count). The largest absolute Gasteiger partial charge is 0.393 e. The quantitative estimate of drug-likeness (QED) is 0.601. The van der Waals surface area contributed by atoms with Crippen LogP contribution in [0.15, 0.2) is 0 Å². The molecule has 0 saturated heterocycles. The van der Waals surface area contributed by atoms with Crippen LogP contribution < -0.4 is 10.6 Å². The standard InChI is InChI=1S/C10H20N2O2/c1-7(10(14)11-2)12-8-3-5-9(13)6-4-8/h7-9,12-13H,3-6H2,1-2H3,(H,11,14). The van der Waals surface area contributed by atoms with Crippen molar-refractivity contribution in [3.63, 3.8) is 0 Å². The Labute approximate surface area is 85.1 Å². The van der Waals surface area contributed by atoms with Gasteiger partial charge in [0.2, 0.25) is 5.91 Å². The molecule has 4 nitrogen and oxygen atoms in total. The number of carbonyl (C=O) groups excluding carboxylic acids is 1. The highest BCUT2D eigenvalue weighted by atomic mass is 16.3. The van der Waals surface area contributed by atoms with E-state index in [0.29, 0.717) is 6.04 Å².